The van der Waals surface area contributed by atoms with Gasteiger partial charge in [-0.25, -0.2) is 9.97 Å². The average molecular weight is 815 g/mol. The Labute approximate surface area is 369 Å². The van der Waals surface area contributed by atoms with Crippen LogP contribution in [0.4, 0.5) is 0 Å². The van der Waals surface area contributed by atoms with E-state index < -0.39 is 0 Å². The number of rotatable bonds is 6. The molecule has 0 saturated carbocycles. The summed E-state index contributed by atoms with van der Waals surface area (Å²) < 4.78 is 4.75. The van der Waals surface area contributed by atoms with Gasteiger partial charge in [0.25, 0.3) is 0 Å². The first-order valence-corrected chi connectivity index (χ1v) is 21.8. The molecule has 0 unspecified atom stereocenters. The summed E-state index contributed by atoms with van der Waals surface area (Å²) in [6.07, 6.45) is 0. The van der Waals surface area contributed by atoms with Crippen molar-refractivity contribution in [3.05, 3.63) is 231 Å². The second-order valence-corrected chi connectivity index (χ2v) is 16.6. The van der Waals surface area contributed by atoms with Gasteiger partial charge in [-0.2, -0.15) is 0 Å². The van der Waals surface area contributed by atoms with Crippen LogP contribution in [0.3, 0.4) is 0 Å². The molecular weight excluding hydrogens is 777 g/mol. The molecule has 0 spiro atoms. The lowest BCUT2D eigenvalue weighted by Crippen LogP contribution is -2.03. The van der Waals surface area contributed by atoms with Crippen molar-refractivity contribution in [1.29, 1.82) is 0 Å². The molecule has 0 aliphatic heterocycles. The van der Waals surface area contributed by atoms with Crippen molar-refractivity contribution in [2.75, 3.05) is 0 Å². The van der Waals surface area contributed by atoms with Crippen molar-refractivity contribution in [1.82, 2.24) is 19.1 Å². The fourth-order valence-corrected chi connectivity index (χ4v) is 9.99. The monoisotopic (exact) mass is 814 g/mol. The highest BCUT2D eigenvalue weighted by atomic mass is 15.2. The fourth-order valence-electron chi connectivity index (χ4n) is 9.99. The van der Waals surface area contributed by atoms with E-state index in [1.165, 1.54) is 60.3 Å². The number of hydrogen-bond donors (Lipinski definition) is 0. The Morgan fingerprint density at radius 1 is 0.281 bits per heavy atom. The van der Waals surface area contributed by atoms with Crippen LogP contribution < -0.4 is 0 Å². The highest BCUT2D eigenvalue weighted by molar-refractivity contribution is 6.33. The molecule has 0 radical (unpaired) electrons. The Balaban J connectivity index is 1.11. The summed E-state index contributed by atoms with van der Waals surface area (Å²) in [6, 6.07) is 82.8. The first kappa shape index (κ1) is 36.1. The topological polar surface area (TPSA) is 35.6 Å². The van der Waals surface area contributed by atoms with Crippen molar-refractivity contribution in [3.63, 3.8) is 0 Å². The lowest BCUT2D eigenvalue weighted by molar-refractivity contribution is 1.01. The van der Waals surface area contributed by atoms with E-state index in [2.05, 4.69) is 240 Å². The molecule has 0 saturated heterocycles. The molecular formula is C60H38N4. The molecule has 0 atom stereocenters. The van der Waals surface area contributed by atoms with Crippen molar-refractivity contribution in [2.45, 2.75) is 0 Å². The minimum atomic E-state index is 0.642. The van der Waals surface area contributed by atoms with Gasteiger partial charge in [-0.15, -0.1) is 0 Å². The minimum absolute atomic E-state index is 0.642. The molecule has 13 aromatic rings. The molecule has 3 heterocycles. The Kier molecular flexibility index (Phi) is 8.18. The summed E-state index contributed by atoms with van der Waals surface area (Å²) in [7, 11) is 0. The SMILES string of the molecule is c1ccc(-c2ccc(-c3nc(-n4c5ccccc5c5c6c7c8ccccc8ccc7n(-c7cc(-c8ccccc8)cc(-c8ccccc8)c7)c6ccc54)nc4ccccc34)cc2)cc1. The molecule has 0 aliphatic carbocycles. The highest BCUT2D eigenvalue weighted by Crippen LogP contribution is 2.45. The van der Waals surface area contributed by atoms with Gasteiger partial charge in [0.15, 0.2) is 0 Å². The number of fused-ring (bicyclic) bond motifs is 10. The van der Waals surface area contributed by atoms with E-state index in [1.54, 1.807) is 0 Å². The maximum Gasteiger partial charge on any atom is 0.235 e. The average Bonchev–Trinajstić information content (AvgIpc) is 3.90. The van der Waals surface area contributed by atoms with Gasteiger partial charge >= 0.3 is 0 Å². The van der Waals surface area contributed by atoms with Gasteiger partial charge < -0.3 is 4.57 Å². The molecule has 0 aliphatic rings. The molecule has 0 amide bonds. The lowest BCUT2D eigenvalue weighted by Gasteiger charge is -2.14. The Morgan fingerprint density at radius 2 is 0.766 bits per heavy atom. The van der Waals surface area contributed by atoms with Gasteiger partial charge in [-0.05, 0) is 92.7 Å². The molecule has 0 N–H and O–H groups in total. The molecule has 10 aromatic carbocycles. The predicted molar refractivity (Wildman–Crippen MR) is 267 cm³/mol. The smallest absolute Gasteiger partial charge is 0.235 e. The van der Waals surface area contributed by atoms with Crippen molar-refractivity contribution in [2.24, 2.45) is 0 Å². The largest absolute Gasteiger partial charge is 0.309 e. The second kappa shape index (κ2) is 14.5. The molecule has 3 aromatic heterocycles. The van der Waals surface area contributed by atoms with E-state index in [9.17, 15) is 0 Å². The van der Waals surface area contributed by atoms with Crippen LogP contribution in [0, 0.1) is 0 Å². The maximum atomic E-state index is 5.49. The van der Waals surface area contributed by atoms with E-state index in [-0.39, 0.29) is 0 Å². The van der Waals surface area contributed by atoms with E-state index >= 15 is 0 Å². The lowest BCUT2D eigenvalue weighted by atomic mass is 9.98. The van der Waals surface area contributed by atoms with Gasteiger partial charge in [-0.3, -0.25) is 4.57 Å². The van der Waals surface area contributed by atoms with Crippen molar-refractivity contribution in [3.8, 4) is 56.3 Å². The first-order chi connectivity index (χ1) is 31.7. The van der Waals surface area contributed by atoms with Crippen LogP contribution in [-0.4, -0.2) is 19.1 Å². The number of aromatic nitrogens is 4. The summed E-state index contributed by atoms with van der Waals surface area (Å²) in [5.74, 6) is 0.642. The van der Waals surface area contributed by atoms with Crippen LogP contribution >= 0.6 is 0 Å². The number of benzene rings is 10. The predicted octanol–water partition coefficient (Wildman–Crippen LogP) is 15.6. The Bertz CT molecular complexity index is 3860. The zero-order chi connectivity index (χ0) is 42.1. The number of nitrogens with zero attached hydrogens (tertiary/aromatic N) is 4. The minimum Gasteiger partial charge on any atom is -0.309 e. The van der Waals surface area contributed by atoms with Gasteiger partial charge in [0.1, 0.15) is 0 Å². The van der Waals surface area contributed by atoms with Crippen LogP contribution in [0.1, 0.15) is 0 Å². The summed E-state index contributed by atoms with van der Waals surface area (Å²) in [5, 5.41) is 8.22. The Morgan fingerprint density at radius 3 is 1.45 bits per heavy atom. The van der Waals surface area contributed by atoms with Gasteiger partial charge in [0.2, 0.25) is 5.95 Å². The molecule has 298 valence electrons. The van der Waals surface area contributed by atoms with Gasteiger partial charge in [-0.1, -0.05) is 182 Å². The molecule has 4 heteroatoms. The van der Waals surface area contributed by atoms with Gasteiger partial charge in [0, 0.05) is 38.2 Å². The van der Waals surface area contributed by atoms with E-state index in [1.807, 2.05) is 0 Å². The fraction of sp³-hybridized carbons (Fsp3) is 0. The van der Waals surface area contributed by atoms with Crippen molar-refractivity contribution >= 4 is 65.3 Å². The maximum absolute atomic E-state index is 5.49. The highest BCUT2D eigenvalue weighted by Gasteiger charge is 2.24. The zero-order valence-corrected chi connectivity index (χ0v) is 34.7. The zero-order valence-electron chi connectivity index (χ0n) is 34.7. The summed E-state index contributed by atoms with van der Waals surface area (Å²) >= 11 is 0. The summed E-state index contributed by atoms with van der Waals surface area (Å²) in [4.78, 5) is 10.8. The number of para-hydroxylation sites is 2. The first-order valence-electron chi connectivity index (χ1n) is 21.8. The third-order valence-electron chi connectivity index (χ3n) is 12.9. The quantitative estimate of drug-likeness (QED) is 0.168. The third-order valence-corrected chi connectivity index (χ3v) is 12.9. The molecule has 0 fully saturated rings. The number of hydrogen-bond acceptors (Lipinski definition) is 2. The van der Waals surface area contributed by atoms with Crippen LogP contribution in [0.5, 0.6) is 0 Å². The van der Waals surface area contributed by atoms with Crippen LogP contribution in [-0.2, 0) is 0 Å². The van der Waals surface area contributed by atoms with Gasteiger partial charge in [0.05, 0.1) is 33.3 Å². The Hall–Kier alpha value is -8.60. The van der Waals surface area contributed by atoms with E-state index in [0.29, 0.717) is 5.95 Å². The summed E-state index contributed by atoms with van der Waals surface area (Å²) in [5.41, 5.74) is 15.4. The van der Waals surface area contributed by atoms with Crippen LogP contribution in [0.25, 0.3) is 122 Å². The summed E-state index contributed by atoms with van der Waals surface area (Å²) in [6.45, 7) is 0. The molecule has 4 nitrogen and oxygen atoms in total. The van der Waals surface area contributed by atoms with E-state index in [0.717, 1.165) is 55.3 Å². The molecule has 64 heavy (non-hydrogen) atoms. The standard InChI is InChI=1S/C60H38N4/c1-4-16-39(17-5-1)42-28-30-44(31-29-42)59-49-24-12-14-26-51(49)61-60(62-59)64-52-27-15-13-25-50(52)57-54(64)34-35-55-58(57)56-48-23-11-10-22-43(48)32-33-53(56)63(55)47-37-45(40-18-6-2-7-19-40)36-46(38-47)41-20-8-3-9-21-41/h1-38H. The second-order valence-electron chi connectivity index (χ2n) is 16.6. The van der Waals surface area contributed by atoms with E-state index in [4.69, 9.17) is 9.97 Å². The molecule has 0 bridgehead atoms. The van der Waals surface area contributed by atoms with Crippen molar-refractivity contribution < 1.29 is 0 Å². The van der Waals surface area contributed by atoms with Crippen LogP contribution in [0.15, 0.2) is 231 Å². The molecule has 13 rings (SSSR count). The van der Waals surface area contributed by atoms with Crippen LogP contribution in [0.2, 0.25) is 0 Å². The normalized spacial score (nSPS) is 11.8. The third kappa shape index (κ3) is 5.70.